The van der Waals surface area contributed by atoms with Crippen molar-refractivity contribution in [3.63, 3.8) is 0 Å². The number of nitrogens with one attached hydrogen (secondary N) is 1. The summed E-state index contributed by atoms with van der Waals surface area (Å²) in [6.45, 7) is 0.696. The van der Waals surface area contributed by atoms with Gasteiger partial charge in [-0.05, 0) is 30.9 Å². The van der Waals surface area contributed by atoms with E-state index in [0.29, 0.717) is 12.6 Å². The van der Waals surface area contributed by atoms with Crippen molar-refractivity contribution < 1.29 is 0 Å². The fraction of sp³-hybridized carbons (Fsp3) is 0.438. The van der Waals surface area contributed by atoms with Gasteiger partial charge in [0.15, 0.2) is 0 Å². The molecule has 100 valence electrons. The second-order valence-corrected chi connectivity index (χ2v) is 5.41. The van der Waals surface area contributed by atoms with E-state index in [-0.39, 0.29) is 0 Å². The number of aromatic nitrogens is 1. The lowest BCUT2D eigenvalue weighted by atomic mass is 9.97. The molecule has 1 aliphatic carbocycles. The van der Waals surface area contributed by atoms with Gasteiger partial charge >= 0.3 is 0 Å². The zero-order valence-electron chi connectivity index (χ0n) is 11.2. The molecule has 1 atom stereocenters. The van der Waals surface area contributed by atoms with Gasteiger partial charge < -0.3 is 11.1 Å². The van der Waals surface area contributed by atoms with Crippen molar-refractivity contribution >= 4 is 16.6 Å². The molecule has 0 spiro atoms. The highest BCUT2D eigenvalue weighted by Crippen LogP contribution is 2.30. The van der Waals surface area contributed by atoms with Crippen LogP contribution in [0.1, 0.15) is 25.7 Å². The predicted octanol–water partition coefficient (Wildman–Crippen LogP) is 3.16. The molecule has 1 saturated carbocycles. The molecule has 2 aromatic rings. The van der Waals surface area contributed by atoms with E-state index in [0.717, 1.165) is 17.1 Å². The minimum Gasteiger partial charge on any atom is -0.380 e. The number of hydrogen-bond donors (Lipinski definition) is 2. The molecule has 1 aromatic heterocycles. The summed E-state index contributed by atoms with van der Waals surface area (Å²) < 4.78 is 0. The van der Waals surface area contributed by atoms with Crippen molar-refractivity contribution in [2.45, 2.75) is 31.7 Å². The number of hydrogen-bond acceptors (Lipinski definition) is 3. The van der Waals surface area contributed by atoms with Crippen LogP contribution in [0, 0.1) is 5.92 Å². The Labute approximate surface area is 114 Å². The van der Waals surface area contributed by atoms with Crippen molar-refractivity contribution in [3.8, 4) is 0 Å². The second kappa shape index (κ2) is 5.57. The van der Waals surface area contributed by atoms with E-state index in [9.17, 15) is 0 Å². The van der Waals surface area contributed by atoms with Crippen LogP contribution >= 0.6 is 0 Å². The fourth-order valence-corrected chi connectivity index (χ4v) is 3.15. The molecule has 0 aliphatic heterocycles. The number of para-hydroxylation sites is 1. The van der Waals surface area contributed by atoms with Gasteiger partial charge in [0.2, 0.25) is 0 Å². The Kier molecular flexibility index (Phi) is 3.65. The van der Waals surface area contributed by atoms with Crippen LogP contribution in [0.4, 0.5) is 5.69 Å². The molecule has 0 bridgehead atoms. The molecule has 19 heavy (non-hydrogen) atoms. The third-order valence-corrected chi connectivity index (χ3v) is 4.21. The Morgan fingerprint density at radius 2 is 2.00 bits per heavy atom. The lowest BCUT2D eigenvalue weighted by molar-refractivity contribution is 0.462. The Balaban J connectivity index is 1.87. The Morgan fingerprint density at radius 3 is 2.79 bits per heavy atom. The third kappa shape index (κ3) is 2.56. The Morgan fingerprint density at radius 1 is 1.21 bits per heavy atom. The van der Waals surface area contributed by atoms with Crippen LogP contribution in [-0.4, -0.2) is 17.6 Å². The van der Waals surface area contributed by atoms with Gasteiger partial charge in [0.05, 0.1) is 5.52 Å². The molecule has 1 unspecified atom stereocenters. The first kappa shape index (κ1) is 12.4. The zero-order chi connectivity index (χ0) is 13.1. The van der Waals surface area contributed by atoms with Crippen LogP contribution in [0.15, 0.2) is 36.5 Å². The molecule has 1 aliphatic rings. The number of fused-ring (bicyclic) bond motifs is 1. The number of rotatable bonds is 4. The molecule has 1 fully saturated rings. The molecular formula is C16H21N3. The van der Waals surface area contributed by atoms with Crippen molar-refractivity contribution in [2.75, 3.05) is 11.9 Å². The van der Waals surface area contributed by atoms with Crippen LogP contribution in [0.3, 0.4) is 0 Å². The van der Waals surface area contributed by atoms with Crippen LogP contribution < -0.4 is 11.1 Å². The summed E-state index contributed by atoms with van der Waals surface area (Å²) in [6, 6.07) is 10.7. The Hall–Kier alpha value is -1.61. The summed E-state index contributed by atoms with van der Waals surface area (Å²) in [5.41, 5.74) is 8.16. The average molecular weight is 255 g/mol. The maximum absolute atomic E-state index is 5.97. The highest BCUT2D eigenvalue weighted by atomic mass is 15.0. The molecule has 0 radical (unpaired) electrons. The summed E-state index contributed by atoms with van der Waals surface area (Å²) in [4.78, 5) is 4.40. The molecule has 0 saturated heterocycles. The van der Waals surface area contributed by atoms with Crippen molar-refractivity contribution in [3.05, 3.63) is 36.5 Å². The van der Waals surface area contributed by atoms with Gasteiger partial charge in [0.25, 0.3) is 0 Å². The molecule has 3 rings (SSSR count). The number of anilines is 1. The van der Waals surface area contributed by atoms with Gasteiger partial charge in [-0.3, -0.25) is 4.98 Å². The van der Waals surface area contributed by atoms with E-state index in [1.807, 2.05) is 18.3 Å². The molecule has 3 nitrogen and oxygen atoms in total. The number of pyridine rings is 1. The largest absolute Gasteiger partial charge is 0.380 e. The highest BCUT2D eigenvalue weighted by molar-refractivity contribution is 5.90. The maximum atomic E-state index is 5.97. The molecule has 1 aromatic carbocycles. The SMILES string of the molecule is NCC(Nc1ccnc2ccccc12)C1CCCC1. The van der Waals surface area contributed by atoms with Gasteiger partial charge in [-0.1, -0.05) is 31.0 Å². The number of nitrogens with two attached hydrogens (primary N) is 1. The topological polar surface area (TPSA) is 50.9 Å². The maximum Gasteiger partial charge on any atom is 0.0722 e. The van der Waals surface area contributed by atoms with Gasteiger partial charge in [0.1, 0.15) is 0 Å². The van der Waals surface area contributed by atoms with Gasteiger partial charge in [0, 0.05) is 29.9 Å². The van der Waals surface area contributed by atoms with Crippen molar-refractivity contribution in [2.24, 2.45) is 11.7 Å². The van der Waals surface area contributed by atoms with E-state index in [1.165, 1.54) is 31.1 Å². The molecule has 3 N–H and O–H groups in total. The fourth-order valence-electron chi connectivity index (χ4n) is 3.15. The smallest absolute Gasteiger partial charge is 0.0722 e. The minimum absolute atomic E-state index is 0.383. The van der Waals surface area contributed by atoms with Gasteiger partial charge in [-0.2, -0.15) is 0 Å². The predicted molar refractivity (Wildman–Crippen MR) is 80.2 cm³/mol. The number of benzene rings is 1. The van der Waals surface area contributed by atoms with E-state index in [4.69, 9.17) is 5.73 Å². The summed E-state index contributed by atoms with van der Waals surface area (Å²) in [5.74, 6) is 0.719. The van der Waals surface area contributed by atoms with Crippen LogP contribution in [0.5, 0.6) is 0 Å². The average Bonchev–Trinajstić information content (AvgIpc) is 2.99. The van der Waals surface area contributed by atoms with E-state index in [2.05, 4.69) is 28.5 Å². The summed E-state index contributed by atoms with van der Waals surface area (Å²) in [6.07, 6.45) is 7.17. The third-order valence-electron chi connectivity index (χ3n) is 4.21. The quantitative estimate of drug-likeness (QED) is 0.882. The summed E-state index contributed by atoms with van der Waals surface area (Å²) >= 11 is 0. The first-order valence-electron chi connectivity index (χ1n) is 7.19. The minimum atomic E-state index is 0.383. The van der Waals surface area contributed by atoms with E-state index < -0.39 is 0 Å². The van der Waals surface area contributed by atoms with Gasteiger partial charge in [-0.15, -0.1) is 0 Å². The first-order chi connectivity index (χ1) is 9.38. The summed E-state index contributed by atoms with van der Waals surface area (Å²) in [7, 11) is 0. The molecule has 0 amide bonds. The zero-order valence-corrected chi connectivity index (χ0v) is 11.2. The summed E-state index contributed by atoms with van der Waals surface area (Å²) in [5, 5.41) is 4.83. The lowest BCUT2D eigenvalue weighted by Crippen LogP contribution is -2.35. The standard InChI is InChI=1S/C16H21N3/c17-11-16(12-5-1-2-6-12)19-15-9-10-18-14-8-4-3-7-13(14)15/h3-4,7-10,12,16H,1-2,5-6,11,17H2,(H,18,19). The lowest BCUT2D eigenvalue weighted by Gasteiger charge is -2.25. The van der Waals surface area contributed by atoms with Gasteiger partial charge in [-0.25, -0.2) is 0 Å². The Bertz CT molecular complexity index is 541. The van der Waals surface area contributed by atoms with E-state index in [1.54, 1.807) is 0 Å². The van der Waals surface area contributed by atoms with E-state index >= 15 is 0 Å². The van der Waals surface area contributed by atoms with Crippen LogP contribution in [0.25, 0.3) is 10.9 Å². The monoisotopic (exact) mass is 255 g/mol. The molecule has 1 heterocycles. The van der Waals surface area contributed by atoms with Crippen LogP contribution in [-0.2, 0) is 0 Å². The molecular weight excluding hydrogens is 234 g/mol. The number of nitrogens with zero attached hydrogens (tertiary/aromatic N) is 1. The second-order valence-electron chi connectivity index (χ2n) is 5.41. The van der Waals surface area contributed by atoms with Crippen molar-refractivity contribution in [1.29, 1.82) is 0 Å². The normalized spacial score (nSPS) is 17.7. The van der Waals surface area contributed by atoms with Crippen molar-refractivity contribution in [1.82, 2.24) is 4.98 Å². The molecule has 3 heteroatoms. The first-order valence-corrected chi connectivity index (χ1v) is 7.19. The highest BCUT2D eigenvalue weighted by Gasteiger charge is 2.24. The van der Waals surface area contributed by atoms with Crippen LogP contribution in [0.2, 0.25) is 0 Å².